The second kappa shape index (κ2) is 5.00. The summed E-state index contributed by atoms with van der Waals surface area (Å²) < 4.78 is 37.6. The minimum absolute atomic E-state index is 0.0643. The van der Waals surface area contributed by atoms with Gasteiger partial charge in [-0.05, 0) is 24.3 Å². The Labute approximate surface area is 110 Å². The van der Waals surface area contributed by atoms with E-state index in [1.165, 1.54) is 24.4 Å². The van der Waals surface area contributed by atoms with E-state index in [0.29, 0.717) is 9.92 Å². The van der Waals surface area contributed by atoms with E-state index in [1.807, 2.05) is 0 Å². The molecule has 1 aromatic heterocycles. The third-order valence-corrected chi connectivity index (χ3v) is 3.24. The predicted octanol–water partition coefficient (Wildman–Crippen LogP) is 3.88. The summed E-state index contributed by atoms with van der Waals surface area (Å²) in [7, 11) is 0. The van der Waals surface area contributed by atoms with Crippen molar-refractivity contribution in [2.45, 2.75) is 16.1 Å². The zero-order valence-corrected chi connectivity index (χ0v) is 10.2. The van der Waals surface area contributed by atoms with Crippen molar-refractivity contribution in [1.29, 1.82) is 0 Å². The van der Waals surface area contributed by atoms with Gasteiger partial charge in [0.1, 0.15) is 0 Å². The predicted molar refractivity (Wildman–Crippen MR) is 63.3 cm³/mol. The monoisotopic (exact) mass is 287 g/mol. The van der Waals surface area contributed by atoms with Gasteiger partial charge in [-0.1, -0.05) is 17.8 Å². The minimum atomic E-state index is -4.39. The molecule has 1 heterocycles. The molecular formula is C12H8F3NO2S. The summed E-state index contributed by atoms with van der Waals surface area (Å²) in [5.41, 5.74) is -0.669. The van der Waals surface area contributed by atoms with Crippen molar-refractivity contribution in [2.24, 2.45) is 0 Å². The maximum Gasteiger partial charge on any atom is 0.416 e. The van der Waals surface area contributed by atoms with Crippen LogP contribution in [0.15, 0.2) is 46.5 Å². The van der Waals surface area contributed by atoms with E-state index < -0.39 is 17.7 Å². The molecule has 0 amide bonds. The molecule has 19 heavy (non-hydrogen) atoms. The molecule has 100 valence electrons. The third-order valence-electron chi connectivity index (χ3n) is 2.29. The molecule has 2 aromatic rings. The van der Waals surface area contributed by atoms with Gasteiger partial charge in [-0.3, -0.25) is 0 Å². The van der Waals surface area contributed by atoms with Crippen LogP contribution in [-0.4, -0.2) is 16.1 Å². The van der Waals surface area contributed by atoms with E-state index in [-0.39, 0.29) is 5.56 Å². The molecular weight excluding hydrogens is 279 g/mol. The first-order valence-corrected chi connectivity index (χ1v) is 5.95. The van der Waals surface area contributed by atoms with Crippen LogP contribution in [0.5, 0.6) is 0 Å². The Bertz CT molecular complexity index is 607. The zero-order valence-electron chi connectivity index (χ0n) is 9.36. The van der Waals surface area contributed by atoms with Crippen LogP contribution in [0.4, 0.5) is 13.2 Å². The number of rotatable bonds is 3. The average Bonchev–Trinajstić information content (AvgIpc) is 2.77. The second-order valence-electron chi connectivity index (χ2n) is 3.69. The van der Waals surface area contributed by atoms with Gasteiger partial charge in [0.05, 0.1) is 16.2 Å². The van der Waals surface area contributed by atoms with Gasteiger partial charge in [0.25, 0.3) is 0 Å². The first-order chi connectivity index (χ1) is 8.86. The summed E-state index contributed by atoms with van der Waals surface area (Å²) in [6, 6.07) is 6.22. The number of aromatic amines is 1. The van der Waals surface area contributed by atoms with Gasteiger partial charge in [0.15, 0.2) is 0 Å². The summed E-state index contributed by atoms with van der Waals surface area (Å²) >= 11 is 1.04. The smallest absolute Gasteiger partial charge is 0.416 e. The highest BCUT2D eigenvalue weighted by molar-refractivity contribution is 7.99. The summed E-state index contributed by atoms with van der Waals surface area (Å²) in [5, 5.41) is 9.21. The highest BCUT2D eigenvalue weighted by Gasteiger charge is 2.30. The lowest BCUT2D eigenvalue weighted by Crippen LogP contribution is -2.04. The Morgan fingerprint density at radius 2 is 2.00 bits per heavy atom. The maximum atomic E-state index is 12.5. The number of aromatic carboxylic acids is 1. The van der Waals surface area contributed by atoms with Gasteiger partial charge in [-0.25, -0.2) is 4.79 Å². The molecule has 2 N–H and O–H groups in total. The number of aromatic nitrogens is 1. The highest BCUT2D eigenvalue weighted by atomic mass is 32.2. The van der Waals surface area contributed by atoms with E-state index in [0.717, 1.165) is 23.9 Å². The number of hydrogen-bond acceptors (Lipinski definition) is 2. The Hall–Kier alpha value is -1.89. The van der Waals surface area contributed by atoms with Gasteiger partial charge in [-0.2, -0.15) is 13.2 Å². The fraction of sp³-hybridized carbons (Fsp3) is 0.0833. The van der Waals surface area contributed by atoms with Gasteiger partial charge >= 0.3 is 12.1 Å². The second-order valence-corrected chi connectivity index (χ2v) is 4.80. The molecule has 7 heteroatoms. The number of alkyl halides is 3. The van der Waals surface area contributed by atoms with Gasteiger partial charge in [0.2, 0.25) is 0 Å². The van der Waals surface area contributed by atoms with E-state index in [4.69, 9.17) is 5.11 Å². The highest BCUT2D eigenvalue weighted by Crippen LogP contribution is 2.34. The normalized spacial score (nSPS) is 11.5. The van der Waals surface area contributed by atoms with Gasteiger partial charge < -0.3 is 10.1 Å². The quantitative estimate of drug-likeness (QED) is 0.900. The van der Waals surface area contributed by atoms with Crippen molar-refractivity contribution in [2.75, 3.05) is 0 Å². The van der Waals surface area contributed by atoms with Crippen LogP contribution in [0, 0.1) is 0 Å². The lowest BCUT2D eigenvalue weighted by atomic mass is 10.2. The summed E-state index contributed by atoms with van der Waals surface area (Å²) in [6.45, 7) is 0. The average molecular weight is 287 g/mol. The lowest BCUT2D eigenvalue weighted by Gasteiger charge is -2.07. The topological polar surface area (TPSA) is 53.1 Å². The molecule has 0 aliphatic rings. The van der Waals surface area contributed by atoms with E-state index >= 15 is 0 Å². The molecule has 0 unspecified atom stereocenters. The number of carboxylic acid groups (broad SMARTS) is 1. The lowest BCUT2D eigenvalue weighted by molar-refractivity contribution is -0.137. The van der Waals surface area contributed by atoms with Crippen molar-refractivity contribution >= 4 is 17.7 Å². The largest absolute Gasteiger partial charge is 0.478 e. The molecule has 0 bridgehead atoms. The van der Waals surface area contributed by atoms with Crippen molar-refractivity contribution in [3.63, 3.8) is 0 Å². The zero-order chi connectivity index (χ0) is 14.0. The first-order valence-electron chi connectivity index (χ1n) is 5.13. The third kappa shape index (κ3) is 3.31. The Kier molecular flexibility index (Phi) is 3.57. The van der Waals surface area contributed by atoms with E-state index in [1.54, 1.807) is 0 Å². The summed E-state index contributed by atoms with van der Waals surface area (Å²) in [5.74, 6) is -1.09. The molecule has 0 atom stereocenters. The number of benzene rings is 1. The molecule has 0 aliphatic carbocycles. The van der Waals surface area contributed by atoms with Crippen LogP contribution >= 0.6 is 11.8 Å². The van der Waals surface area contributed by atoms with Gasteiger partial charge in [-0.15, -0.1) is 0 Å². The van der Waals surface area contributed by atoms with Crippen LogP contribution in [0.1, 0.15) is 15.9 Å². The number of hydrogen-bond donors (Lipinski definition) is 2. The van der Waals surface area contributed by atoms with Crippen LogP contribution < -0.4 is 0 Å². The summed E-state index contributed by atoms with van der Waals surface area (Å²) in [4.78, 5) is 13.8. The molecule has 0 spiro atoms. The minimum Gasteiger partial charge on any atom is -0.478 e. The van der Waals surface area contributed by atoms with Crippen molar-refractivity contribution in [3.8, 4) is 0 Å². The van der Waals surface area contributed by atoms with Crippen LogP contribution in [0.25, 0.3) is 0 Å². The summed E-state index contributed by atoms with van der Waals surface area (Å²) in [6.07, 6.45) is -3.10. The molecule has 0 aliphatic heterocycles. The molecule has 0 saturated carbocycles. The molecule has 0 fully saturated rings. The van der Waals surface area contributed by atoms with E-state index in [9.17, 15) is 18.0 Å². The standard InChI is InChI=1S/C12H8F3NO2S/c13-12(14,15)8-2-1-3-9(5-8)19-10-4-7(6-16-10)11(17)18/h1-6,16H,(H,17,18). The Morgan fingerprint density at radius 3 is 2.58 bits per heavy atom. The number of H-pyrrole nitrogens is 1. The Balaban J connectivity index is 2.21. The fourth-order valence-electron chi connectivity index (χ4n) is 1.42. The molecule has 1 aromatic carbocycles. The number of carboxylic acids is 1. The number of nitrogens with one attached hydrogen (secondary N) is 1. The molecule has 0 radical (unpaired) electrons. The molecule has 2 rings (SSSR count). The maximum absolute atomic E-state index is 12.5. The first kappa shape index (κ1) is 13.5. The molecule has 0 saturated heterocycles. The van der Waals surface area contributed by atoms with Crippen molar-refractivity contribution in [3.05, 3.63) is 47.7 Å². The fourth-order valence-corrected chi connectivity index (χ4v) is 2.31. The van der Waals surface area contributed by atoms with Crippen LogP contribution in [-0.2, 0) is 6.18 Å². The molecule has 3 nitrogen and oxygen atoms in total. The number of halogens is 3. The van der Waals surface area contributed by atoms with Crippen LogP contribution in [0.2, 0.25) is 0 Å². The SMILES string of the molecule is O=C(O)c1c[nH]c(Sc2cccc(C(F)(F)F)c2)c1. The number of carbonyl (C=O) groups is 1. The van der Waals surface area contributed by atoms with Gasteiger partial charge in [0, 0.05) is 11.1 Å². The van der Waals surface area contributed by atoms with Crippen LogP contribution in [0.3, 0.4) is 0 Å². The van der Waals surface area contributed by atoms with Crippen molar-refractivity contribution < 1.29 is 23.1 Å². The Morgan fingerprint density at radius 1 is 1.26 bits per heavy atom. The van der Waals surface area contributed by atoms with E-state index in [2.05, 4.69) is 4.98 Å². The van der Waals surface area contributed by atoms with Crippen molar-refractivity contribution in [1.82, 2.24) is 4.98 Å².